The first kappa shape index (κ1) is 15.2. The fourth-order valence-electron chi connectivity index (χ4n) is 1.86. The minimum atomic E-state index is -0.824. The second-order valence-corrected chi connectivity index (χ2v) is 5.98. The summed E-state index contributed by atoms with van der Waals surface area (Å²) in [5, 5.41) is 13.4. The standard InChI is InChI=1S/C17H20N2O2/c1-17(2,3)16(21)19-14-9-10-18-11-13(14)15(20)12-7-5-4-6-8-12/h4-11,15,20H,1-3H3,(H,18,19,21). The van der Waals surface area contributed by atoms with Crippen LogP contribution in [-0.4, -0.2) is 16.0 Å². The van der Waals surface area contributed by atoms with E-state index in [-0.39, 0.29) is 5.91 Å². The Labute approximate surface area is 124 Å². The van der Waals surface area contributed by atoms with Gasteiger partial charge in [0.1, 0.15) is 6.10 Å². The lowest BCUT2D eigenvalue weighted by Crippen LogP contribution is -2.28. The van der Waals surface area contributed by atoms with Crippen molar-refractivity contribution in [3.8, 4) is 0 Å². The van der Waals surface area contributed by atoms with E-state index >= 15 is 0 Å². The summed E-state index contributed by atoms with van der Waals surface area (Å²) in [5.41, 5.74) is 1.43. The topological polar surface area (TPSA) is 62.2 Å². The van der Waals surface area contributed by atoms with E-state index in [1.54, 1.807) is 18.5 Å². The number of aliphatic hydroxyl groups excluding tert-OH is 1. The number of rotatable bonds is 3. The van der Waals surface area contributed by atoms with Crippen LogP contribution < -0.4 is 5.32 Å². The monoisotopic (exact) mass is 284 g/mol. The minimum absolute atomic E-state index is 0.102. The average molecular weight is 284 g/mol. The molecule has 0 aliphatic carbocycles. The molecule has 1 atom stereocenters. The Morgan fingerprint density at radius 3 is 2.48 bits per heavy atom. The van der Waals surface area contributed by atoms with Gasteiger partial charge in [-0.3, -0.25) is 9.78 Å². The second-order valence-electron chi connectivity index (χ2n) is 5.98. The number of aliphatic hydroxyl groups is 1. The van der Waals surface area contributed by atoms with Crippen molar-refractivity contribution in [3.63, 3.8) is 0 Å². The molecule has 1 aromatic carbocycles. The van der Waals surface area contributed by atoms with Crippen molar-refractivity contribution in [2.24, 2.45) is 5.41 Å². The molecular formula is C17H20N2O2. The number of nitrogens with one attached hydrogen (secondary N) is 1. The maximum atomic E-state index is 12.1. The lowest BCUT2D eigenvalue weighted by atomic mass is 9.95. The molecule has 0 bridgehead atoms. The fourth-order valence-corrected chi connectivity index (χ4v) is 1.86. The third kappa shape index (κ3) is 3.67. The summed E-state index contributed by atoms with van der Waals surface area (Å²) in [6, 6.07) is 11.0. The Bertz CT molecular complexity index is 618. The van der Waals surface area contributed by atoms with E-state index in [1.807, 2.05) is 51.1 Å². The molecule has 0 aliphatic heterocycles. The van der Waals surface area contributed by atoms with Gasteiger partial charge < -0.3 is 10.4 Å². The van der Waals surface area contributed by atoms with Gasteiger partial charge in [-0.05, 0) is 11.6 Å². The third-order valence-corrected chi connectivity index (χ3v) is 3.19. The van der Waals surface area contributed by atoms with Crippen LogP contribution in [0.2, 0.25) is 0 Å². The first-order valence-electron chi connectivity index (χ1n) is 6.88. The van der Waals surface area contributed by atoms with Crippen molar-refractivity contribution in [3.05, 3.63) is 59.9 Å². The Morgan fingerprint density at radius 2 is 1.86 bits per heavy atom. The molecule has 2 N–H and O–H groups in total. The molecule has 0 aliphatic rings. The number of pyridine rings is 1. The highest BCUT2D eigenvalue weighted by molar-refractivity contribution is 5.95. The number of benzene rings is 1. The van der Waals surface area contributed by atoms with E-state index in [0.717, 1.165) is 5.56 Å². The smallest absolute Gasteiger partial charge is 0.229 e. The number of carbonyl (C=O) groups excluding carboxylic acids is 1. The second kappa shape index (κ2) is 6.06. The van der Waals surface area contributed by atoms with Crippen molar-refractivity contribution >= 4 is 11.6 Å². The molecular weight excluding hydrogens is 264 g/mol. The number of hydrogen-bond donors (Lipinski definition) is 2. The van der Waals surface area contributed by atoms with Gasteiger partial charge in [-0.1, -0.05) is 51.1 Å². The summed E-state index contributed by atoms with van der Waals surface area (Å²) in [5.74, 6) is -0.102. The van der Waals surface area contributed by atoms with Crippen LogP contribution in [0.4, 0.5) is 5.69 Å². The molecule has 0 radical (unpaired) electrons. The molecule has 0 spiro atoms. The number of amides is 1. The Kier molecular flexibility index (Phi) is 4.38. The molecule has 1 aromatic heterocycles. The predicted molar refractivity (Wildman–Crippen MR) is 82.8 cm³/mol. The molecule has 4 nitrogen and oxygen atoms in total. The van der Waals surface area contributed by atoms with Gasteiger partial charge in [-0.2, -0.15) is 0 Å². The molecule has 4 heteroatoms. The molecule has 0 saturated carbocycles. The van der Waals surface area contributed by atoms with Gasteiger partial charge in [0.15, 0.2) is 0 Å². The van der Waals surface area contributed by atoms with E-state index in [2.05, 4.69) is 10.3 Å². The van der Waals surface area contributed by atoms with Crippen molar-refractivity contribution in [1.82, 2.24) is 4.98 Å². The number of anilines is 1. The maximum absolute atomic E-state index is 12.1. The summed E-state index contributed by atoms with van der Waals surface area (Å²) in [6.45, 7) is 5.53. The van der Waals surface area contributed by atoms with Crippen LogP contribution >= 0.6 is 0 Å². The van der Waals surface area contributed by atoms with Crippen molar-refractivity contribution in [2.45, 2.75) is 26.9 Å². The maximum Gasteiger partial charge on any atom is 0.229 e. The minimum Gasteiger partial charge on any atom is -0.384 e. The zero-order valence-corrected chi connectivity index (χ0v) is 12.5. The molecule has 2 aromatic rings. The SMILES string of the molecule is CC(C)(C)C(=O)Nc1ccncc1C(O)c1ccccc1. The lowest BCUT2D eigenvalue weighted by molar-refractivity contribution is -0.123. The van der Waals surface area contributed by atoms with Crippen molar-refractivity contribution < 1.29 is 9.90 Å². The zero-order valence-electron chi connectivity index (χ0n) is 12.5. The molecule has 1 unspecified atom stereocenters. The average Bonchev–Trinajstić information content (AvgIpc) is 2.47. The Balaban J connectivity index is 2.31. The van der Waals surface area contributed by atoms with Crippen LogP contribution in [0.5, 0.6) is 0 Å². The van der Waals surface area contributed by atoms with E-state index in [4.69, 9.17) is 0 Å². The zero-order chi connectivity index (χ0) is 15.5. The van der Waals surface area contributed by atoms with Crippen LogP contribution in [0.25, 0.3) is 0 Å². The van der Waals surface area contributed by atoms with Gasteiger partial charge in [0.2, 0.25) is 5.91 Å². The number of carbonyl (C=O) groups is 1. The van der Waals surface area contributed by atoms with Gasteiger partial charge in [0, 0.05) is 29.1 Å². The summed E-state index contributed by atoms with van der Waals surface area (Å²) < 4.78 is 0. The summed E-state index contributed by atoms with van der Waals surface area (Å²) in [7, 11) is 0. The van der Waals surface area contributed by atoms with Gasteiger partial charge in [0.05, 0.1) is 0 Å². The first-order chi connectivity index (χ1) is 9.89. The van der Waals surface area contributed by atoms with E-state index in [1.165, 1.54) is 0 Å². The Morgan fingerprint density at radius 1 is 1.19 bits per heavy atom. The molecule has 110 valence electrons. The van der Waals surface area contributed by atoms with Crippen LogP contribution in [0.3, 0.4) is 0 Å². The highest BCUT2D eigenvalue weighted by Crippen LogP contribution is 2.28. The molecule has 1 heterocycles. The van der Waals surface area contributed by atoms with Gasteiger partial charge in [-0.25, -0.2) is 0 Å². The van der Waals surface area contributed by atoms with Crippen molar-refractivity contribution in [2.75, 3.05) is 5.32 Å². The normalized spacial score (nSPS) is 12.8. The van der Waals surface area contributed by atoms with Crippen LogP contribution in [-0.2, 0) is 4.79 Å². The highest BCUT2D eigenvalue weighted by atomic mass is 16.3. The van der Waals surface area contributed by atoms with E-state index < -0.39 is 11.5 Å². The molecule has 1 amide bonds. The largest absolute Gasteiger partial charge is 0.384 e. The molecule has 21 heavy (non-hydrogen) atoms. The van der Waals surface area contributed by atoms with Gasteiger partial charge in [0.25, 0.3) is 0 Å². The van der Waals surface area contributed by atoms with Crippen LogP contribution in [0, 0.1) is 5.41 Å². The summed E-state index contributed by atoms with van der Waals surface area (Å²) in [4.78, 5) is 16.2. The highest BCUT2D eigenvalue weighted by Gasteiger charge is 2.23. The molecule has 0 saturated heterocycles. The van der Waals surface area contributed by atoms with Crippen LogP contribution in [0.15, 0.2) is 48.8 Å². The first-order valence-corrected chi connectivity index (χ1v) is 6.88. The summed E-state index contributed by atoms with van der Waals surface area (Å²) >= 11 is 0. The predicted octanol–water partition coefficient (Wildman–Crippen LogP) is 3.15. The number of hydrogen-bond acceptors (Lipinski definition) is 3. The number of aromatic nitrogens is 1. The molecule has 2 rings (SSSR count). The Hall–Kier alpha value is -2.20. The quantitative estimate of drug-likeness (QED) is 0.910. The molecule has 0 fully saturated rings. The number of nitrogens with zero attached hydrogens (tertiary/aromatic N) is 1. The van der Waals surface area contributed by atoms with E-state index in [9.17, 15) is 9.90 Å². The van der Waals surface area contributed by atoms with Gasteiger partial charge in [-0.15, -0.1) is 0 Å². The summed E-state index contributed by atoms with van der Waals surface area (Å²) in [6.07, 6.45) is 2.35. The van der Waals surface area contributed by atoms with E-state index in [0.29, 0.717) is 11.3 Å². The van der Waals surface area contributed by atoms with Crippen molar-refractivity contribution in [1.29, 1.82) is 0 Å². The fraction of sp³-hybridized carbons (Fsp3) is 0.294. The van der Waals surface area contributed by atoms with Gasteiger partial charge >= 0.3 is 0 Å². The van der Waals surface area contributed by atoms with Crippen LogP contribution in [0.1, 0.15) is 38.0 Å². The third-order valence-electron chi connectivity index (χ3n) is 3.19. The lowest BCUT2D eigenvalue weighted by Gasteiger charge is -2.21.